The molecule has 0 spiro atoms. The Labute approximate surface area is 145 Å². The first-order valence-corrected chi connectivity index (χ1v) is 8.22. The Bertz CT molecular complexity index is 933. The Balaban J connectivity index is 1.36. The molecule has 1 saturated heterocycles. The average Bonchev–Trinajstić information content (AvgIpc) is 3.08. The number of hydrogen-bond donors (Lipinski definition) is 2. The third kappa shape index (κ3) is 2.64. The summed E-state index contributed by atoms with van der Waals surface area (Å²) in [5, 5.41) is 13.8. The van der Waals surface area contributed by atoms with Gasteiger partial charge in [0, 0.05) is 12.6 Å². The van der Waals surface area contributed by atoms with Gasteiger partial charge in [0.2, 0.25) is 5.88 Å². The second kappa shape index (κ2) is 5.87. The fourth-order valence-electron chi connectivity index (χ4n) is 3.50. The topological polar surface area (TPSA) is 103 Å². The predicted molar refractivity (Wildman–Crippen MR) is 85.2 cm³/mol. The third-order valence-electron chi connectivity index (χ3n) is 4.90. The summed E-state index contributed by atoms with van der Waals surface area (Å²) in [7, 11) is 0. The third-order valence-corrected chi connectivity index (χ3v) is 4.90. The molecular weight excluding hydrogens is 348 g/mol. The van der Waals surface area contributed by atoms with Crippen molar-refractivity contribution in [2.45, 2.75) is 6.61 Å². The van der Waals surface area contributed by atoms with Crippen LogP contribution < -0.4 is 10.1 Å². The van der Waals surface area contributed by atoms with Gasteiger partial charge >= 0.3 is 6.61 Å². The van der Waals surface area contributed by atoms with Crippen LogP contribution in [0.3, 0.4) is 0 Å². The molecule has 0 aromatic carbocycles. The maximum absolute atomic E-state index is 12.3. The zero-order chi connectivity index (χ0) is 17.7. The second-order valence-corrected chi connectivity index (χ2v) is 6.40. The van der Waals surface area contributed by atoms with E-state index in [1.54, 1.807) is 12.4 Å². The monoisotopic (exact) mass is 363 g/mol. The van der Waals surface area contributed by atoms with Gasteiger partial charge in [-0.25, -0.2) is 9.97 Å². The molecule has 4 heterocycles. The Hall–Kier alpha value is -2.82. The van der Waals surface area contributed by atoms with Crippen LogP contribution in [0.1, 0.15) is 0 Å². The Kier molecular flexibility index (Phi) is 3.48. The number of aromatic amines is 1. The molecule has 0 bridgehead atoms. The number of ether oxygens (including phenoxy) is 2. The summed E-state index contributed by atoms with van der Waals surface area (Å²) in [6.07, 6.45) is 3.20. The highest BCUT2D eigenvalue weighted by molar-refractivity contribution is 5.72. The predicted octanol–water partition coefficient (Wildman–Crippen LogP) is 1.44. The lowest BCUT2D eigenvalue weighted by atomic mass is 10.3. The van der Waals surface area contributed by atoms with Crippen molar-refractivity contribution in [2.24, 2.45) is 17.8 Å². The van der Waals surface area contributed by atoms with Gasteiger partial charge in [0.25, 0.3) is 0 Å². The van der Waals surface area contributed by atoms with Gasteiger partial charge in [-0.05, 0) is 17.8 Å². The fraction of sp³-hybridized carbons (Fsp3) is 0.467. The van der Waals surface area contributed by atoms with Crippen molar-refractivity contribution in [3.8, 4) is 11.7 Å². The smallest absolute Gasteiger partial charge is 0.388 e. The van der Waals surface area contributed by atoms with Gasteiger partial charge in [-0.2, -0.15) is 18.6 Å². The van der Waals surface area contributed by atoms with Crippen LogP contribution in [0.2, 0.25) is 0 Å². The number of nitrogens with one attached hydrogen (secondary N) is 2. The zero-order valence-electron chi connectivity index (χ0n) is 13.5. The van der Waals surface area contributed by atoms with Gasteiger partial charge in [0.15, 0.2) is 11.5 Å². The molecular formula is C15H15F2N7O2. The summed E-state index contributed by atoms with van der Waals surface area (Å²) in [5.41, 5.74) is 1.07. The first-order chi connectivity index (χ1) is 12.7. The van der Waals surface area contributed by atoms with Crippen LogP contribution in [-0.2, 0) is 4.74 Å². The molecule has 2 aliphatic rings. The summed E-state index contributed by atoms with van der Waals surface area (Å²) in [6.45, 7) is -0.429. The maximum Gasteiger partial charge on any atom is 0.388 e. The molecule has 1 saturated carbocycles. The number of halogens is 2. The largest absolute Gasteiger partial charge is 0.415 e. The number of rotatable bonds is 6. The Morgan fingerprint density at radius 3 is 3.00 bits per heavy atom. The first-order valence-electron chi connectivity index (χ1n) is 8.22. The molecule has 2 fully saturated rings. The minimum absolute atomic E-state index is 0.219. The van der Waals surface area contributed by atoms with Crippen molar-refractivity contribution >= 4 is 17.0 Å². The number of hydrogen-bond acceptors (Lipinski definition) is 7. The lowest BCUT2D eigenvalue weighted by Crippen LogP contribution is -2.11. The summed E-state index contributed by atoms with van der Waals surface area (Å²) in [6, 6.07) is 1.33. The van der Waals surface area contributed by atoms with Crippen LogP contribution in [-0.4, -0.2) is 56.3 Å². The molecule has 0 radical (unpaired) electrons. The lowest BCUT2D eigenvalue weighted by molar-refractivity contribution is -0.0528. The van der Waals surface area contributed by atoms with Crippen molar-refractivity contribution in [2.75, 3.05) is 25.1 Å². The van der Waals surface area contributed by atoms with E-state index in [0.29, 0.717) is 40.6 Å². The van der Waals surface area contributed by atoms with Gasteiger partial charge in [0.1, 0.15) is 11.3 Å². The van der Waals surface area contributed by atoms with Crippen molar-refractivity contribution in [3.05, 3.63) is 18.5 Å². The summed E-state index contributed by atoms with van der Waals surface area (Å²) in [5.74, 6) is 2.70. The minimum atomic E-state index is -2.94. The zero-order valence-corrected chi connectivity index (χ0v) is 13.5. The summed E-state index contributed by atoms with van der Waals surface area (Å²) < 4.78 is 35.7. The molecule has 136 valence electrons. The number of aromatic nitrogens is 6. The molecule has 3 aromatic rings. The average molecular weight is 363 g/mol. The molecule has 2 N–H and O–H groups in total. The van der Waals surface area contributed by atoms with Crippen molar-refractivity contribution < 1.29 is 18.3 Å². The number of nitrogens with zero attached hydrogens (tertiary/aromatic N) is 5. The second-order valence-electron chi connectivity index (χ2n) is 6.40. The van der Waals surface area contributed by atoms with Gasteiger partial charge in [-0.15, -0.1) is 5.10 Å². The number of H-pyrrole nitrogens is 1. The summed E-state index contributed by atoms with van der Waals surface area (Å²) >= 11 is 0. The van der Waals surface area contributed by atoms with E-state index in [9.17, 15) is 8.78 Å². The normalized spacial score (nSPS) is 24.2. The van der Waals surface area contributed by atoms with Gasteiger partial charge < -0.3 is 14.8 Å². The van der Waals surface area contributed by atoms with E-state index in [4.69, 9.17) is 4.74 Å². The van der Waals surface area contributed by atoms with E-state index in [1.165, 1.54) is 10.7 Å². The van der Waals surface area contributed by atoms with E-state index in [-0.39, 0.29) is 5.88 Å². The molecule has 11 heteroatoms. The quantitative estimate of drug-likeness (QED) is 0.683. The molecule has 9 nitrogen and oxygen atoms in total. The van der Waals surface area contributed by atoms with Gasteiger partial charge in [-0.1, -0.05) is 0 Å². The Morgan fingerprint density at radius 2 is 2.19 bits per heavy atom. The van der Waals surface area contributed by atoms with Crippen molar-refractivity contribution in [1.29, 1.82) is 0 Å². The van der Waals surface area contributed by atoms with Crippen molar-refractivity contribution in [1.82, 2.24) is 29.9 Å². The number of fused-ring (bicyclic) bond motifs is 2. The highest BCUT2D eigenvalue weighted by atomic mass is 19.3. The summed E-state index contributed by atoms with van der Waals surface area (Å²) in [4.78, 5) is 8.87. The first kappa shape index (κ1) is 15.4. The van der Waals surface area contributed by atoms with Gasteiger partial charge in [-0.3, -0.25) is 5.10 Å². The van der Waals surface area contributed by atoms with Crippen LogP contribution >= 0.6 is 0 Å². The minimum Gasteiger partial charge on any atom is -0.415 e. The van der Waals surface area contributed by atoms with E-state index >= 15 is 0 Å². The lowest BCUT2D eigenvalue weighted by Gasteiger charge is -2.07. The van der Waals surface area contributed by atoms with Crippen molar-refractivity contribution in [3.63, 3.8) is 0 Å². The van der Waals surface area contributed by atoms with Crippen LogP contribution in [0.5, 0.6) is 5.88 Å². The molecule has 2 unspecified atom stereocenters. The highest BCUT2D eigenvalue weighted by Gasteiger charge is 2.53. The van der Waals surface area contributed by atoms with E-state index in [0.717, 1.165) is 19.8 Å². The molecule has 0 amide bonds. The molecule has 1 aliphatic heterocycles. The molecule has 26 heavy (non-hydrogen) atoms. The van der Waals surface area contributed by atoms with Crippen LogP contribution in [0.25, 0.3) is 17.0 Å². The van der Waals surface area contributed by atoms with E-state index < -0.39 is 6.61 Å². The highest BCUT2D eigenvalue weighted by Crippen LogP contribution is 2.50. The van der Waals surface area contributed by atoms with E-state index in [2.05, 4.69) is 35.3 Å². The van der Waals surface area contributed by atoms with Crippen LogP contribution in [0.15, 0.2) is 18.5 Å². The fourth-order valence-corrected chi connectivity index (χ4v) is 3.50. The van der Waals surface area contributed by atoms with Crippen LogP contribution in [0, 0.1) is 17.8 Å². The standard InChI is InChI=1S/C15H15F2N7O2/c16-15(17)26-13-1-12(22-23-13)24-14-10(3-20-24)18-4-11(21-14)19-2-7-8-5-25-6-9(7)8/h1,3-4,7-9,15H,2,5-6H2,(H,19,21)(H,22,23). The molecule has 3 aromatic heterocycles. The van der Waals surface area contributed by atoms with E-state index in [1.807, 2.05) is 0 Å². The Morgan fingerprint density at radius 1 is 1.35 bits per heavy atom. The molecule has 1 aliphatic carbocycles. The number of anilines is 1. The number of alkyl halides is 2. The van der Waals surface area contributed by atoms with Gasteiger partial charge in [0.05, 0.1) is 25.6 Å². The maximum atomic E-state index is 12.3. The molecule has 2 atom stereocenters. The molecule has 5 rings (SSSR count). The SMILES string of the molecule is FC(F)Oc1cc(-n2ncc3ncc(NCC4C5COCC45)nc32)[nH]n1. The van der Waals surface area contributed by atoms with Crippen LogP contribution in [0.4, 0.5) is 14.6 Å².